The van der Waals surface area contributed by atoms with Gasteiger partial charge in [-0.1, -0.05) is 22.9 Å². The lowest BCUT2D eigenvalue weighted by atomic mass is 9.54. The Balaban J connectivity index is 1.74. The standard InChI is InChI=1S/C15H24BrNO/c1-3-13(16)15(18)17(2)14-11-5-9-4-10(7-11)8-12(14)6-9/h9-14H,3-8H2,1-2H3. The van der Waals surface area contributed by atoms with Crippen LogP contribution in [-0.4, -0.2) is 28.7 Å². The molecule has 1 unspecified atom stereocenters. The zero-order valence-electron chi connectivity index (χ0n) is 11.4. The third-order valence-corrected chi connectivity index (χ3v) is 6.64. The van der Waals surface area contributed by atoms with E-state index in [0.29, 0.717) is 11.9 Å². The van der Waals surface area contributed by atoms with Gasteiger partial charge in [0.15, 0.2) is 0 Å². The van der Waals surface area contributed by atoms with E-state index in [0.717, 1.165) is 30.1 Å². The first-order valence-corrected chi connectivity index (χ1v) is 8.42. The molecule has 4 aliphatic carbocycles. The first-order valence-electron chi connectivity index (χ1n) is 7.50. The Hall–Kier alpha value is -0.0500. The maximum absolute atomic E-state index is 12.4. The molecule has 0 heterocycles. The summed E-state index contributed by atoms with van der Waals surface area (Å²) in [7, 11) is 2.04. The summed E-state index contributed by atoms with van der Waals surface area (Å²) in [4.78, 5) is 14.5. The van der Waals surface area contributed by atoms with E-state index in [-0.39, 0.29) is 4.83 Å². The lowest BCUT2D eigenvalue weighted by Gasteiger charge is -2.56. The van der Waals surface area contributed by atoms with Gasteiger partial charge >= 0.3 is 0 Å². The smallest absolute Gasteiger partial charge is 0.236 e. The summed E-state index contributed by atoms with van der Waals surface area (Å²) in [6, 6.07) is 0.539. The van der Waals surface area contributed by atoms with Gasteiger partial charge in [0.05, 0.1) is 4.83 Å². The first-order chi connectivity index (χ1) is 8.60. The zero-order chi connectivity index (χ0) is 12.9. The van der Waals surface area contributed by atoms with E-state index in [1.54, 1.807) is 0 Å². The minimum Gasteiger partial charge on any atom is -0.341 e. The van der Waals surface area contributed by atoms with E-state index in [1.165, 1.54) is 32.1 Å². The van der Waals surface area contributed by atoms with Gasteiger partial charge in [0.25, 0.3) is 0 Å². The molecule has 4 fully saturated rings. The predicted octanol–water partition coefficient (Wildman–Crippen LogP) is 3.44. The van der Waals surface area contributed by atoms with Crippen LogP contribution < -0.4 is 0 Å². The average molecular weight is 314 g/mol. The molecule has 1 amide bonds. The number of rotatable bonds is 3. The van der Waals surface area contributed by atoms with E-state index in [4.69, 9.17) is 0 Å². The van der Waals surface area contributed by atoms with Crippen LogP contribution in [0, 0.1) is 23.7 Å². The number of amides is 1. The maximum atomic E-state index is 12.4. The summed E-state index contributed by atoms with van der Waals surface area (Å²) in [5.41, 5.74) is 0. The second kappa shape index (κ2) is 4.81. The van der Waals surface area contributed by atoms with Gasteiger partial charge in [-0.25, -0.2) is 0 Å². The molecule has 0 saturated heterocycles. The Bertz CT molecular complexity index is 315. The number of hydrogen-bond acceptors (Lipinski definition) is 1. The topological polar surface area (TPSA) is 20.3 Å². The normalized spacial score (nSPS) is 42.9. The van der Waals surface area contributed by atoms with Crippen molar-refractivity contribution in [3.8, 4) is 0 Å². The summed E-state index contributed by atoms with van der Waals surface area (Å²) in [6.07, 6.45) is 7.90. The largest absolute Gasteiger partial charge is 0.341 e. The fraction of sp³-hybridized carbons (Fsp3) is 0.933. The van der Waals surface area contributed by atoms with E-state index >= 15 is 0 Å². The SMILES string of the molecule is CCC(Br)C(=O)N(C)C1C2CC3CC(C2)CC1C3. The highest BCUT2D eigenvalue weighted by atomic mass is 79.9. The molecular weight excluding hydrogens is 290 g/mol. The lowest BCUT2D eigenvalue weighted by molar-refractivity contribution is -0.140. The second-order valence-corrected chi connectivity index (χ2v) is 7.85. The van der Waals surface area contributed by atoms with Crippen molar-refractivity contribution in [3.63, 3.8) is 0 Å². The Morgan fingerprint density at radius 3 is 2.11 bits per heavy atom. The van der Waals surface area contributed by atoms with Crippen molar-refractivity contribution in [1.29, 1.82) is 0 Å². The van der Waals surface area contributed by atoms with E-state index < -0.39 is 0 Å². The zero-order valence-corrected chi connectivity index (χ0v) is 13.0. The molecule has 2 nitrogen and oxygen atoms in total. The average Bonchev–Trinajstić information content (AvgIpc) is 2.35. The van der Waals surface area contributed by atoms with Crippen LogP contribution in [-0.2, 0) is 4.79 Å². The third kappa shape index (κ3) is 2.03. The molecule has 4 rings (SSSR count). The van der Waals surface area contributed by atoms with E-state index in [9.17, 15) is 4.79 Å². The number of halogens is 1. The molecule has 0 radical (unpaired) electrons. The first kappa shape index (κ1) is 13.0. The van der Waals surface area contributed by atoms with Crippen LogP contribution in [0.15, 0.2) is 0 Å². The van der Waals surface area contributed by atoms with Gasteiger partial charge < -0.3 is 4.90 Å². The van der Waals surface area contributed by atoms with Crippen molar-refractivity contribution >= 4 is 21.8 Å². The summed E-state index contributed by atoms with van der Waals surface area (Å²) >= 11 is 3.52. The van der Waals surface area contributed by atoms with Gasteiger partial charge in [-0.3, -0.25) is 4.79 Å². The van der Waals surface area contributed by atoms with Crippen LogP contribution in [0.1, 0.15) is 45.4 Å². The summed E-state index contributed by atoms with van der Waals surface area (Å²) in [5, 5.41) is 0. The number of hydrogen-bond donors (Lipinski definition) is 0. The maximum Gasteiger partial charge on any atom is 0.236 e. The van der Waals surface area contributed by atoms with Crippen molar-refractivity contribution in [1.82, 2.24) is 4.90 Å². The molecule has 1 atom stereocenters. The monoisotopic (exact) mass is 313 g/mol. The minimum absolute atomic E-state index is 0.0136. The van der Waals surface area contributed by atoms with Crippen LogP contribution in [0.5, 0.6) is 0 Å². The van der Waals surface area contributed by atoms with Crippen molar-refractivity contribution in [2.45, 2.75) is 56.3 Å². The summed E-state index contributed by atoms with van der Waals surface area (Å²) in [5.74, 6) is 3.87. The van der Waals surface area contributed by atoms with Crippen LogP contribution in [0.2, 0.25) is 0 Å². The highest BCUT2D eigenvalue weighted by Gasteiger charge is 2.50. The lowest BCUT2D eigenvalue weighted by Crippen LogP contribution is -2.57. The van der Waals surface area contributed by atoms with Gasteiger partial charge in [0.1, 0.15) is 0 Å². The van der Waals surface area contributed by atoms with E-state index in [2.05, 4.69) is 27.8 Å². The van der Waals surface area contributed by atoms with Crippen molar-refractivity contribution in [2.24, 2.45) is 23.7 Å². The highest BCUT2D eigenvalue weighted by Crippen LogP contribution is 2.55. The Labute approximate surface area is 119 Å². The molecule has 102 valence electrons. The molecule has 3 heteroatoms. The molecular formula is C15H24BrNO. The van der Waals surface area contributed by atoms with Crippen molar-refractivity contribution < 1.29 is 4.79 Å². The number of carbonyl (C=O) groups is 1. The quantitative estimate of drug-likeness (QED) is 0.731. The second-order valence-electron chi connectivity index (χ2n) is 6.75. The third-order valence-electron chi connectivity index (χ3n) is 5.60. The molecule has 4 bridgehead atoms. The molecule has 4 saturated carbocycles. The fourth-order valence-corrected chi connectivity index (χ4v) is 5.39. The minimum atomic E-state index is 0.0136. The molecule has 0 aromatic heterocycles. The van der Waals surface area contributed by atoms with Crippen LogP contribution >= 0.6 is 15.9 Å². The summed E-state index contributed by atoms with van der Waals surface area (Å²) < 4.78 is 0. The van der Waals surface area contributed by atoms with Crippen LogP contribution in [0.3, 0.4) is 0 Å². The molecule has 0 aromatic rings. The van der Waals surface area contributed by atoms with Gasteiger partial charge in [-0.05, 0) is 62.2 Å². The molecule has 4 aliphatic rings. The molecule has 0 aliphatic heterocycles. The van der Waals surface area contributed by atoms with Crippen LogP contribution in [0.25, 0.3) is 0 Å². The van der Waals surface area contributed by atoms with Gasteiger partial charge in [0, 0.05) is 13.1 Å². The highest BCUT2D eigenvalue weighted by molar-refractivity contribution is 9.10. The van der Waals surface area contributed by atoms with E-state index in [1.807, 2.05) is 7.05 Å². The van der Waals surface area contributed by atoms with Gasteiger partial charge in [0.2, 0.25) is 5.91 Å². The number of alkyl halides is 1. The molecule has 18 heavy (non-hydrogen) atoms. The predicted molar refractivity (Wildman–Crippen MR) is 76.6 cm³/mol. The van der Waals surface area contributed by atoms with Gasteiger partial charge in [-0.15, -0.1) is 0 Å². The molecule has 0 spiro atoms. The molecule has 0 aromatic carbocycles. The van der Waals surface area contributed by atoms with Crippen LogP contribution in [0.4, 0.5) is 0 Å². The van der Waals surface area contributed by atoms with Crippen molar-refractivity contribution in [2.75, 3.05) is 7.05 Å². The number of carbonyl (C=O) groups excluding carboxylic acids is 1. The Morgan fingerprint density at radius 1 is 1.17 bits per heavy atom. The van der Waals surface area contributed by atoms with Gasteiger partial charge in [-0.2, -0.15) is 0 Å². The van der Waals surface area contributed by atoms with Crippen molar-refractivity contribution in [3.05, 3.63) is 0 Å². The fourth-order valence-electron chi connectivity index (χ4n) is 5.07. The Kier molecular flexibility index (Phi) is 3.46. The Morgan fingerprint density at radius 2 is 1.67 bits per heavy atom. The summed E-state index contributed by atoms with van der Waals surface area (Å²) in [6.45, 7) is 2.07. The number of nitrogens with zero attached hydrogens (tertiary/aromatic N) is 1. The molecule has 0 N–H and O–H groups in total.